The smallest absolute Gasteiger partial charge is 0.145 e. The van der Waals surface area contributed by atoms with E-state index in [1.165, 1.54) is 0 Å². The molecule has 0 aromatic heterocycles. The van der Waals surface area contributed by atoms with Crippen LogP contribution < -0.4 is 0 Å². The molecule has 0 aromatic rings. The van der Waals surface area contributed by atoms with Crippen LogP contribution in [0.25, 0.3) is 0 Å². The molecular formula is C4H9FS. The highest BCUT2D eigenvalue weighted by atomic mass is 32.1. The van der Waals surface area contributed by atoms with Gasteiger partial charge < -0.3 is 0 Å². The third-order valence-electron chi connectivity index (χ3n) is 0.550. The van der Waals surface area contributed by atoms with Crippen molar-refractivity contribution in [1.82, 2.24) is 0 Å². The Labute approximate surface area is 43.2 Å². The zero-order chi connectivity index (χ0) is 5.15. The highest BCUT2D eigenvalue weighted by Gasteiger charge is 2.01. The molecule has 1 unspecified atom stereocenters. The van der Waals surface area contributed by atoms with Crippen LogP contribution in [0.5, 0.6) is 0 Å². The molecule has 0 aromatic carbocycles. The Morgan fingerprint density at radius 2 is 1.67 bits per heavy atom. The Bertz CT molecular complexity index is 28.5. The van der Waals surface area contributed by atoms with Crippen LogP contribution in [0.4, 0.5) is 4.39 Å². The van der Waals surface area contributed by atoms with E-state index in [9.17, 15) is 4.39 Å². The molecule has 0 fully saturated rings. The highest BCUT2D eigenvalue weighted by Crippen LogP contribution is 2.07. The average Bonchev–Trinajstić information content (AvgIpc) is 1.36. The summed E-state index contributed by atoms with van der Waals surface area (Å²) >= 11 is 3.53. The van der Waals surface area contributed by atoms with Gasteiger partial charge in [0.05, 0.1) is 0 Å². The zero-order valence-electron chi connectivity index (χ0n) is 3.98. The van der Waals surface area contributed by atoms with E-state index in [1.807, 2.05) is 0 Å². The van der Waals surface area contributed by atoms with Crippen LogP contribution in [0.3, 0.4) is 0 Å². The van der Waals surface area contributed by atoms with Gasteiger partial charge in [0, 0.05) is 0 Å². The predicted octanol–water partition coefficient (Wildman–Crippen LogP) is 1.87. The first-order valence-corrected chi connectivity index (χ1v) is 2.48. The molecule has 38 valence electrons. The van der Waals surface area contributed by atoms with Crippen molar-refractivity contribution in [3.63, 3.8) is 0 Å². The van der Waals surface area contributed by atoms with Gasteiger partial charge in [-0.1, -0.05) is 13.8 Å². The zero-order valence-corrected chi connectivity index (χ0v) is 4.87. The van der Waals surface area contributed by atoms with Crippen molar-refractivity contribution in [2.75, 3.05) is 0 Å². The normalized spacial score (nSPS) is 15.5. The van der Waals surface area contributed by atoms with E-state index in [0.29, 0.717) is 0 Å². The molecule has 0 saturated heterocycles. The van der Waals surface area contributed by atoms with Crippen LogP contribution in [-0.2, 0) is 0 Å². The van der Waals surface area contributed by atoms with E-state index in [1.54, 1.807) is 13.8 Å². The number of alkyl halides is 1. The summed E-state index contributed by atoms with van der Waals surface area (Å²) < 4.78 is 11.7. The van der Waals surface area contributed by atoms with Gasteiger partial charge in [0.1, 0.15) is 5.50 Å². The molecule has 0 nitrogen and oxygen atoms in total. The third kappa shape index (κ3) is 2.51. The largest absolute Gasteiger partial charge is 0.236 e. The summed E-state index contributed by atoms with van der Waals surface area (Å²) in [7, 11) is 0. The Morgan fingerprint density at radius 1 is 1.50 bits per heavy atom. The molecule has 0 radical (unpaired) electrons. The number of hydrogen-bond acceptors (Lipinski definition) is 1. The van der Waals surface area contributed by atoms with Gasteiger partial charge in [-0.15, -0.1) is 12.6 Å². The lowest BCUT2D eigenvalue weighted by Crippen LogP contribution is -1.97. The molecule has 0 heterocycles. The second-order valence-electron chi connectivity index (χ2n) is 1.62. The van der Waals surface area contributed by atoms with Crippen molar-refractivity contribution in [2.24, 2.45) is 5.92 Å². The minimum absolute atomic E-state index is 0.0494. The fourth-order valence-corrected chi connectivity index (χ4v) is 0. The molecule has 6 heavy (non-hydrogen) atoms. The maximum absolute atomic E-state index is 11.7. The molecule has 2 heteroatoms. The molecule has 0 bridgehead atoms. The lowest BCUT2D eigenvalue weighted by atomic mass is 10.3. The standard InChI is InChI=1S/C4H9FS/c1-3(2)4(5)6/h3-4,6H,1-2H3. The molecule has 0 N–H and O–H groups in total. The summed E-state index contributed by atoms with van der Waals surface area (Å²) in [6.45, 7) is 3.58. The van der Waals surface area contributed by atoms with Crippen molar-refractivity contribution in [3.8, 4) is 0 Å². The van der Waals surface area contributed by atoms with Gasteiger partial charge in [-0.25, -0.2) is 4.39 Å². The molecule has 0 aliphatic rings. The summed E-state index contributed by atoms with van der Waals surface area (Å²) in [6, 6.07) is 0. The summed E-state index contributed by atoms with van der Waals surface area (Å²) in [5, 5.41) is 0. The molecule has 0 amide bonds. The summed E-state index contributed by atoms with van der Waals surface area (Å²) in [4.78, 5) is 0. The molecule has 0 rings (SSSR count). The SMILES string of the molecule is CC(C)C(F)S. The Kier molecular flexibility index (Phi) is 2.57. The maximum Gasteiger partial charge on any atom is 0.145 e. The van der Waals surface area contributed by atoms with E-state index >= 15 is 0 Å². The molecule has 0 spiro atoms. The fraction of sp³-hybridized carbons (Fsp3) is 1.00. The summed E-state index contributed by atoms with van der Waals surface area (Å²) in [5.74, 6) is 0.0494. The number of hydrogen-bond donors (Lipinski definition) is 1. The van der Waals surface area contributed by atoms with Crippen LogP contribution in [0.2, 0.25) is 0 Å². The first-order chi connectivity index (χ1) is 2.64. The number of rotatable bonds is 1. The van der Waals surface area contributed by atoms with Crippen LogP contribution in [-0.4, -0.2) is 5.50 Å². The van der Waals surface area contributed by atoms with Crippen molar-refractivity contribution in [2.45, 2.75) is 19.4 Å². The van der Waals surface area contributed by atoms with Crippen LogP contribution >= 0.6 is 12.6 Å². The van der Waals surface area contributed by atoms with E-state index in [-0.39, 0.29) is 5.92 Å². The lowest BCUT2D eigenvalue weighted by molar-refractivity contribution is 0.365. The van der Waals surface area contributed by atoms with Gasteiger partial charge in [-0.3, -0.25) is 0 Å². The first kappa shape index (κ1) is 6.28. The molecular weight excluding hydrogens is 99.1 g/mol. The second-order valence-corrected chi connectivity index (χ2v) is 2.11. The van der Waals surface area contributed by atoms with Crippen molar-refractivity contribution < 1.29 is 4.39 Å². The van der Waals surface area contributed by atoms with E-state index in [0.717, 1.165) is 0 Å². The molecule has 1 atom stereocenters. The van der Waals surface area contributed by atoms with E-state index in [2.05, 4.69) is 12.6 Å². The Balaban J connectivity index is 2.99. The van der Waals surface area contributed by atoms with Gasteiger partial charge in [-0.05, 0) is 5.92 Å². The molecule has 0 saturated carbocycles. The van der Waals surface area contributed by atoms with Crippen LogP contribution in [0, 0.1) is 5.92 Å². The van der Waals surface area contributed by atoms with Crippen molar-refractivity contribution >= 4 is 12.6 Å². The Hall–Kier alpha value is 0.280. The predicted molar refractivity (Wildman–Crippen MR) is 28.7 cm³/mol. The third-order valence-corrected chi connectivity index (χ3v) is 1.15. The molecule has 0 aliphatic carbocycles. The topological polar surface area (TPSA) is 0 Å². The van der Waals surface area contributed by atoms with Crippen molar-refractivity contribution in [1.29, 1.82) is 0 Å². The fourth-order valence-electron chi connectivity index (χ4n) is 0. The number of thiol groups is 1. The van der Waals surface area contributed by atoms with Crippen LogP contribution in [0.15, 0.2) is 0 Å². The minimum Gasteiger partial charge on any atom is -0.236 e. The van der Waals surface area contributed by atoms with Gasteiger partial charge >= 0.3 is 0 Å². The highest BCUT2D eigenvalue weighted by molar-refractivity contribution is 7.80. The minimum atomic E-state index is -0.954. The van der Waals surface area contributed by atoms with E-state index < -0.39 is 5.50 Å². The first-order valence-electron chi connectivity index (χ1n) is 1.96. The van der Waals surface area contributed by atoms with Crippen LogP contribution in [0.1, 0.15) is 13.8 Å². The monoisotopic (exact) mass is 108 g/mol. The second kappa shape index (κ2) is 2.45. The molecule has 0 aliphatic heterocycles. The van der Waals surface area contributed by atoms with Gasteiger partial charge in [-0.2, -0.15) is 0 Å². The van der Waals surface area contributed by atoms with Gasteiger partial charge in [0.2, 0.25) is 0 Å². The number of halogens is 1. The average molecular weight is 108 g/mol. The summed E-state index contributed by atoms with van der Waals surface area (Å²) in [5.41, 5.74) is -0.954. The quantitative estimate of drug-likeness (QED) is 0.487. The van der Waals surface area contributed by atoms with E-state index in [4.69, 9.17) is 0 Å². The van der Waals surface area contributed by atoms with Crippen molar-refractivity contribution in [3.05, 3.63) is 0 Å². The summed E-state index contributed by atoms with van der Waals surface area (Å²) in [6.07, 6.45) is 0. The Morgan fingerprint density at radius 3 is 1.67 bits per heavy atom. The van der Waals surface area contributed by atoms with Gasteiger partial charge in [0.25, 0.3) is 0 Å². The van der Waals surface area contributed by atoms with Gasteiger partial charge in [0.15, 0.2) is 0 Å². The lowest BCUT2D eigenvalue weighted by Gasteiger charge is -2.00. The maximum atomic E-state index is 11.7.